The molecule has 21 heavy (non-hydrogen) atoms. The van der Waals surface area contributed by atoms with Crippen molar-refractivity contribution in [2.75, 3.05) is 13.7 Å². The molecule has 110 valence electrons. The van der Waals surface area contributed by atoms with Crippen LogP contribution in [-0.4, -0.2) is 24.2 Å². The van der Waals surface area contributed by atoms with Crippen LogP contribution in [0.4, 0.5) is 4.39 Å². The van der Waals surface area contributed by atoms with Crippen LogP contribution in [0.15, 0.2) is 36.5 Å². The minimum atomic E-state index is -0.304. The average molecular weight is 307 g/mol. The predicted molar refractivity (Wildman–Crippen MR) is 81.2 cm³/mol. The van der Waals surface area contributed by atoms with E-state index in [1.54, 1.807) is 24.4 Å². The van der Waals surface area contributed by atoms with Crippen molar-refractivity contribution in [1.82, 2.24) is 10.3 Å². The Kier molecular flexibility index (Phi) is 3.83. The summed E-state index contributed by atoms with van der Waals surface area (Å²) in [7, 11) is 1.94. The molecule has 3 rings (SSSR count). The Labute approximate surface area is 128 Å². The van der Waals surface area contributed by atoms with Crippen molar-refractivity contribution in [3.8, 4) is 16.9 Å². The summed E-state index contributed by atoms with van der Waals surface area (Å²) < 4.78 is 19.1. The summed E-state index contributed by atoms with van der Waals surface area (Å²) in [6.45, 7) is 0.593. The van der Waals surface area contributed by atoms with Crippen LogP contribution in [-0.2, 0) is 0 Å². The maximum Gasteiger partial charge on any atom is 0.138 e. The Morgan fingerprint density at radius 3 is 2.86 bits per heavy atom. The number of benzene rings is 1. The van der Waals surface area contributed by atoms with Crippen LogP contribution in [0.2, 0.25) is 5.15 Å². The number of rotatable bonds is 5. The Bertz CT molecular complexity index is 658. The highest BCUT2D eigenvalue weighted by Crippen LogP contribution is 2.36. The van der Waals surface area contributed by atoms with Crippen LogP contribution in [0.1, 0.15) is 12.8 Å². The molecule has 2 aromatic rings. The second-order valence-electron chi connectivity index (χ2n) is 5.34. The molecule has 0 spiro atoms. The summed E-state index contributed by atoms with van der Waals surface area (Å²) in [6, 6.07) is 8.08. The van der Waals surface area contributed by atoms with E-state index in [0.29, 0.717) is 28.6 Å². The fraction of sp³-hybridized carbons (Fsp3) is 0.312. The highest BCUT2D eigenvalue weighted by Gasteiger charge is 2.41. The monoisotopic (exact) mass is 306 g/mol. The van der Waals surface area contributed by atoms with E-state index in [2.05, 4.69) is 10.3 Å². The Morgan fingerprint density at radius 1 is 1.38 bits per heavy atom. The fourth-order valence-corrected chi connectivity index (χ4v) is 2.42. The van der Waals surface area contributed by atoms with E-state index in [4.69, 9.17) is 16.3 Å². The van der Waals surface area contributed by atoms with E-state index in [0.717, 1.165) is 12.8 Å². The first-order valence-electron chi connectivity index (χ1n) is 6.85. The molecule has 1 aliphatic carbocycles. The van der Waals surface area contributed by atoms with Crippen LogP contribution in [0.5, 0.6) is 5.75 Å². The third kappa shape index (κ3) is 3.17. The number of hydrogen-bond donors (Lipinski definition) is 1. The molecule has 0 amide bonds. The minimum Gasteiger partial charge on any atom is -0.490 e. The van der Waals surface area contributed by atoms with Gasteiger partial charge >= 0.3 is 0 Å². The van der Waals surface area contributed by atoms with Crippen LogP contribution in [0.25, 0.3) is 11.1 Å². The van der Waals surface area contributed by atoms with E-state index in [1.807, 2.05) is 7.05 Å². The van der Waals surface area contributed by atoms with Crippen molar-refractivity contribution >= 4 is 11.6 Å². The largest absolute Gasteiger partial charge is 0.490 e. The van der Waals surface area contributed by atoms with Crippen molar-refractivity contribution in [2.24, 2.45) is 0 Å². The number of aromatic nitrogens is 1. The maximum absolute atomic E-state index is 13.3. The van der Waals surface area contributed by atoms with E-state index in [9.17, 15) is 4.39 Å². The predicted octanol–water partition coefficient (Wildman–Crippen LogP) is 3.67. The number of nitrogens with one attached hydrogen (secondary N) is 1. The number of nitrogens with zero attached hydrogens (tertiary/aromatic N) is 1. The zero-order chi connectivity index (χ0) is 14.9. The van der Waals surface area contributed by atoms with Crippen molar-refractivity contribution < 1.29 is 9.13 Å². The molecule has 1 aromatic carbocycles. The molecule has 0 radical (unpaired) electrons. The summed E-state index contributed by atoms with van der Waals surface area (Å²) in [5.41, 5.74) is 1.45. The third-order valence-corrected chi connectivity index (χ3v) is 4.15. The van der Waals surface area contributed by atoms with Crippen molar-refractivity contribution in [3.05, 3.63) is 47.5 Å². The highest BCUT2D eigenvalue weighted by atomic mass is 35.5. The zero-order valence-corrected chi connectivity index (χ0v) is 12.5. The summed E-state index contributed by atoms with van der Waals surface area (Å²) in [5, 5.41) is 3.60. The molecular formula is C16H16ClFN2O. The van der Waals surface area contributed by atoms with Gasteiger partial charge in [0.25, 0.3) is 0 Å². The first kappa shape index (κ1) is 14.3. The number of pyridine rings is 1. The Hall–Kier alpha value is -1.65. The molecule has 3 nitrogen and oxygen atoms in total. The standard InChI is InChI=1S/C16H16ClFN2O/c1-19-16(5-6-16)10-21-13-8-14(15(17)20-9-13)11-3-2-4-12(18)7-11/h2-4,7-9,19H,5-6,10H2,1H3. The van der Waals surface area contributed by atoms with Crippen molar-refractivity contribution in [1.29, 1.82) is 0 Å². The first-order valence-corrected chi connectivity index (χ1v) is 7.23. The number of halogens is 2. The normalized spacial score (nSPS) is 15.8. The van der Waals surface area contributed by atoms with Crippen LogP contribution in [0.3, 0.4) is 0 Å². The van der Waals surface area contributed by atoms with Gasteiger partial charge in [0.05, 0.1) is 11.7 Å². The average Bonchev–Trinajstić information content (AvgIpc) is 3.27. The van der Waals surface area contributed by atoms with Crippen LogP contribution in [0, 0.1) is 5.82 Å². The molecule has 0 bridgehead atoms. The second kappa shape index (κ2) is 5.62. The topological polar surface area (TPSA) is 34.1 Å². The lowest BCUT2D eigenvalue weighted by atomic mass is 10.1. The van der Waals surface area contributed by atoms with Crippen LogP contribution < -0.4 is 10.1 Å². The summed E-state index contributed by atoms with van der Waals surface area (Å²) in [5.74, 6) is 0.335. The zero-order valence-electron chi connectivity index (χ0n) is 11.7. The van der Waals surface area contributed by atoms with Gasteiger partial charge in [-0.15, -0.1) is 0 Å². The minimum absolute atomic E-state index is 0.0959. The molecule has 1 N–H and O–H groups in total. The maximum atomic E-state index is 13.3. The number of ether oxygens (including phenoxy) is 1. The Morgan fingerprint density at radius 2 is 2.19 bits per heavy atom. The number of likely N-dealkylation sites (N-methyl/N-ethyl adjacent to an activating group) is 1. The third-order valence-electron chi connectivity index (χ3n) is 3.85. The lowest BCUT2D eigenvalue weighted by Gasteiger charge is -2.15. The van der Waals surface area contributed by atoms with Crippen molar-refractivity contribution in [2.45, 2.75) is 18.4 Å². The summed E-state index contributed by atoms with van der Waals surface area (Å²) in [6.07, 6.45) is 3.82. The van der Waals surface area contributed by atoms with E-state index >= 15 is 0 Å². The van der Waals surface area contributed by atoms with Gasteiger partial charge in [-0.2, -0.15) is 0 Å². The van der Waals surface area contributed by atoms with Gasteiger partial charge in [-0.3, -0.25) is 0 Å². The van der Waals surface area contributed by atoms with Gasteiger partial charge in [-0.05, 0) is 43.7 Å². The van der Waals surface area contributed by atoms with Gasteiger partial charge in [0, 0.05) is 5.56 Å². The molecule has 1 aromatic heterocycles. The SMILES string of the molecule is CNC1(COc2cnc(Cl)c(-c3cccc(F)c3)c2)CC1. The van der Waals surface area contributed by atoms with E-state index in [1.165, 1.54) is 12.1 Å². The lowest BCUT2D eigenvalue weighted by molar-refractivity contribution is 0.259. The quantitative estimate of drug-likeness (QED) is 0.856. The van der Waals surface area contributed by atoms with Gasteiger partial charge in [-0.1, -0.05) is 23.7 Å². The fourth-order valence-electron chi connectivity index (χ4n) is 2.21. The van der Waals surface area contributed by atoms with Gasteiger partial charge in [0.2, 0.25) is 0 Å². The van der Waals surface area contributed by atoms with Gasteiger partial charge in [-0.25, -0.2) is 9.37 Å². The molecule has 1 heterocycles. The molecule has 0 aliphatic heterocycles. The van der Waals surface area contributed by atoms with Crippen LogP contribution >= 0.6 is 11.6 Å². The Balaban J connectivity index is 1.83. The lowest BCUT2D eigenvalue weighted by Crippen LogP contribution is -2.33. The number of hydrogen-bond acceptors (Lipinski definition) is 3. The second-order valence-corrected chi connectivity index (χ2v) is 5.70. The van der Waals surface area contributed by atoms with E-state index in [-0.39, 0.29) is 11.4 Å². The molecule has 0 saturated heterocycles. The van der Waals surface area contributed by atoms with Gasteiger partial charge < -0.3 is 10.1 Å². The molecular weight excluding hydrogens is 291 g/mol. The summed E-state index contributed by atoms with van der Waals surface area (Å²) in [4.78, 5) is 4.13. The first-order chi connectivity index (χ1) is 10.1. The highest BCUT2D eigenvalue weighted by molar-refractivity contribution is 6.32. The van der Waals surface area contributed by atoms with E-state index < -0.39 is 0 Å². The molecule has 0 unspecified atom stereocenters. The molecule has 1 aliphatic rings. The van der Waals surface area contributed by atoms with Crippen molar-refractivity contribution in [3.63, 3.8) is 0 Å². The molecule has 1 saturated carbocycles. The molecule has 5 heteroatoms. The smallest absolute Gasteiger partial charge is 0.138 e. The van der Waals surface area contributed by atoms with Gasteiger partial charge in [0.1, 0.15) is 23.3 Å². The molecule has 1 fully saturated rings. The molecule has 0 atom stereocenters. The summed E-state index contributed by atoms with van der Waals surface area (Å²) >= 11 is 6.11. The van der Waals surface area contributed by atoms with Gasteiger partial charge in [0.15, 0.2) is 0 Å².